The molecule has 210 valence electrons. The lowest BCUT2D eigenvalue weighted by Gasteiger charge is -2.39. The van der Waals surface area contributed by atoms with Gasteiger partial charge in [-0.15, -0.1) is 0 Å². The molecule has 0 aliphatic carbocycles. The standard InChI is InChI=1S/C29H32Cl2N6O3/c1-29(20-9-4-2-5-10-20,21-11-6-3-7-12-21)27(40)37(24(26(32)39)13-8-14-35-28(33)34)17-19-15-22(30)25(36-18-38)23(31)16-19/h2-7,9-12,15-16,18,24H,8,13-14,17H2,1H3,(H2,32,39)(H,36,38)(H4,33,34,35)/t24-/m1/s1. The highest BCUT2D eigenvalue weighted by atomic mass is 35.5. The van der Waals surface area contributed by atoms with Crippen molar-refractivity contribution < 1.29 is 14.4 Å². The maximum absolute atomic E-state index is 14.7. The van der Waals surface area contributed by atoms with E-state index < -0.39 is 17.4 Å². The summed E-state index contributed by atoms with van der Waals surface area (Å²) in [5, 5.41) is 2.83. The van der Waals surface area contributed by atoms with E-state index in [2.05, 4.69) is 10.3 Å². The van der Waals surface area contributed by atoms with E-state index in [1.165, 1.54) is 4.90 Å². The van der Waals surface area contributed by atoms with Crippen LogP contribution in [0.3, 0.4) is 0 Å². The highest BCUT2D eigenvalue weighted by Crippen LogP contribution is 2.37. The van der Waals surface area contributed by atoms with Crippen LogP contribution in [0.1, 0.15) is 36.5 Å². The van der Waals surface area contributed by atoms with E-state index in [9.17, 15) is 14.4 Å². The van der Waals surface area contributed by atoms with Crippen molar-refractivity contribution in [3.63, 3.8) is 0 Å². The van der Waals surface area contributed by atoms with E-state index in [0.717, 1.165) is 11.1 Å². The molecule has 0 heterocycles. The summed E-state index contributed by atoms with van der Waals surface area (Å²) in [7, 11) is 0. The Morgan fingerprint density at radius 3 is 1.95 bits per heavy atom. The molecule has 0 aliphatic heterocycles. The van der Waals surface area contributed by atoms with Gasteiger partial charge in [0.25, 0.3) is 0 Å². The van der Waals surface area contributed by atoms with Crippen LogP contribution < -0.4 is 22.5 Å². The average Bonchev–Trinajstić information content (AvgIpc) is 2.94. The third kappa shape index (κ3) is 7.11. The fraction of sp³-hybridized carbons (Fsp3) is 0.241. The predicted octanol–water partition coefficient (Wildman–Crippen LogP) is 3.80. The van der Waals surface area contributed by atoms with E-state index in [4.69, 9.17) is 40.4 Å². The number of nitrogens with two attached hydrogens (primary N) is 3. The molecule has 0 radical (unpaired) electrons. The molecule has 7 N–H and O–H groups in total. The molecule has 9 nitrogen and oxygen atoms in total. The summed E-state index contributed by atoms with van der Waals surface area (Å²) in [6.45, 7) is 2.04. The SMILES string of the molecule is CC(C(=O)N(Cc1cc(Cl)c(NC=O)c(Cl)c1)[C@H](CCCN=C(N)N)C(N)=O)(c1ccccc1)c1ccccc1. The van der Waals surface area contributed by atoms with Gasteiger partial charge in [-0.25, -0.2) is 0 Å². The van der Waals surface area contributed by atoms with E-state index in [1.54, 1.807) is 12.1 Å². The number of aliphatic imine (C=N–C) groups is 1. The van der Waals surface area contributed by atoms with E-state index in [-0.39, 0.29) is 47.1 Å². The number of nitrogens with one attached hydrogen (secondary N) is 1. The molecule has 0 aromatic heterocycles. The summed E-state index contributed by atoms with van der Waals surface area (Å²) in [4.78, 5) is 44.0. The summed E-state index contributed by atoms with van der Waals surface area (Å²) in [5.74, 6) is -1.10. The van der Waals surface area contributed by atoms with Gasteiger partial charge in [-0.2, -0.15) is 0 Å². The van der Waals surface area contributed by atoms with Gasteiger partial charge in [0.2, 0.25) is 18.2 Å². The van der Waals surface area contributed by atoms with E-state index in [0.29, 0.717) is 18.4 Å². The first kappa shape index (κ1) is 30.5. The minimum atomic E-state index is -1.18. The summed E-state index contributed by atoms with van der Waals surface area (Å²) in [6, 6.07) is 20.8. The number of amides is 3. The number of hydrogen-bond acceptors (Lipinski definition) is 4. The highest BCUT2D eigenvalue weighted by molar-refractivity contribution is 6.39. The second kappa shape index (κ2) is 13.8. The molecule has 0 saturated carbocycles. The van der Waals surface area contributed by atoms with Crippen molar-refractivity contribution in [3.8, 4) is 0 Å². The first-order valence-electron chi connectivity index (χ1n) is 12.5. The second-order valence-corrected chi connectivity index (χ2v) is 10.2. The lowest BCUT2D eigenvalue weighted by molar-refractivity contribution is -0.143. The van der Waals surface area contributed by atoms with Crippen LogP contribution in [-0.4, -0.2) is 41.7 Å². The molecule has 1 atom stereocenters. The largest absolute Gasteiger partial charge is 0.370 e. The van der Waals surface area contributed by atoms with Crippen molar-refractivity contribution in [1.29, 1.82) is 0 Å². The Hall–Kier alpha value is -4.08. The number of carbonyl (C=O) groups excluding carboxylic acids is 3. The number of hydrogen-bond donors (Lipinski definition) is 4. The first-order chi connectivity index (χ1) is 19.1. The Morgan fingerprint density at radius 1 is 0.975 bits per heavy atom. The summed E-state index contributed by atoms with van der Waals surface area (Å²) in [5.41, 5.74) is 17.9. The van der Waals surface area contributed by atoms with E-state index in [1.807, 2.05) is 67.6 Å². The molecular weight excluding hydrogens is 551 g/mol. The summed E-state index contributed by atoms with van der Waals surface area (Å²) in [6.07, 6.45) is 1.07. The number of benzene rings is 3. The third-order valence-corrected chi connectivity index (χ3v) is 7.28. The number of rotatable bonds is 13. The molecule has 11 heteroatoms. The third-order valence-electron chi connectivity index (χ3n) is 6.68. The van der Waals surface area contributed by atoms with Gasteiger partial charge in [-0.05, 0) is 48.6 Å². The molecule has 0 spiro atoms. The summed E-state index contributed by atoms with van der Waals surface area (Å²) >= 11 is 12.8. The highest BCUT2D eigenvalue weighted by Gasteiger charge is 2.43. The van der Waals surface area contributed by atoms with Crippen LogP contribution in [0.15, 0.2) is 77.8 Å². The van der Waals surface area contributed by atoms with Gasteiger partial charge in [0.05, 0.1) is 21.1 Å². The fourth-order valence-electron chi connectivity index (χ4n) is 4.62. The Labute approximate surface area is 243 Å². The van der Waals surface area contributed by atoms with Gasteiger partial charge in [0.1, 0.15) is 6.04 Å². The summed E-state index contributed by atoms with van der Waals surface area (Å²) < 4.78 is 0. The molecule has 0 fully saturated rings. The molecule has 0 bridgehead atoms. The fourth-order valence-corrected chi connectivity index (χ4v) is 5.26. The van der Waals surface area contributed by atoms with Crippen LogP contribution in [0.5, 0.6) is 0 Å². The van der Waals surface area contributed by atoms with Crippen LogP contribution in [0.25, 0.3) is 0 Å². The van der Waals surface area contributed by atoms with Crippen molar-refractivity contribution >= 4 is 53.1 Å². The maximum atomic E-state index is 14.7. The van der Waals surface area contributed by atoms with Gasteiger partial charge in [-0.1, -0.05) is 83.9 Å². The average molecular weight is 584 g/mol. The zero-order chi connectivity index (χ0) is 29.3. The zero-order valence-corrected chi connectivity index (χ0v) is 23.5. The predicted molar refractivity (Wildman–Crippen MR) is 159 cm³/mol. The second-order valence-electron chi connectivity index (χ2n) is 9.35. The molecule has 0 saturated heterocycles. The Kier molecular flexibility index (Phi) is 10.5. The van der Waals surface area contributed by atoms with Gasteiger partial charge >= 0.3 is 0 Å². The smallest absolute Gasteiger partial charge is 0.240 e. The van der Waals surface area contributed by atoms with Crippen LogP contribution in [0.2, 0.25) is 10.0 Å². The molecule has 40 heavy (non-hydrogen) atoms. The van der Waals surface area contributed by atoms with Gasteiger partial charge in [-0.3, -0.25) is 19.4 Å². The molecule has 3 aromatic rings. The van der Waals surface area contributed by atoms with Crippen LogP contribution in [0.4, 0.5) is 5.69 Å². The number of carbonyl (C=O) groups is 3. The molecule has 0 aliphatic rings. The number of anilines is 1. The quantitative estimate of drug-likeness (QED) is 0.104. The number of primary amides is 1. The zero-order valence-electron chi connectivity index (χ0n) is 22.0. The first-order valence-corrected chi connectivity index (χ1v) is 13.3. The van der Waals surface area contributed by atoms with Crippen molar-refractivity contribution in [2.24, 2.45) is 22.2 Å². The Balaban J connectivity index is 2.14. The van der Waals surface area contributed by atoms with Gasteiger partial charge in [0, 0.05) is 13.1 Å². The lowest BCUT2D eigenvalue weighted by atomic mass is 9.74. The molecular formula is C29H32Cl2N6O3. The van der Waals surface area contributed by atoms with Crippen LogP contribution in [-0.2, 0) is 26.3 Å². The van der Waals surface area contributed by atoms with Crippen molar-refractivity contribution in [2.75, 3.05) is 11.9 Å². The monoisotopic (exact) mass is 582 g/mol. The minimum absolute atomic E-state index is 0.0369. The number of halogens is 2. The minimum Gasteiger partial charge on any atom is -0.370 e. The Bertz CT molecular complexity index is 1300. The topological polar surface area (TPSA) is 157 Å². The number of nitrogens with zero attached hydrogens (tertiary/aromatic N) is 2. The van der Waals surface area contributed by atoms with Gasteiger partial charge in [0.15, 0.2) is 5.96 Å². The van der Waals surface area contributed by atoms with Crippen molar-refractivity contribution in [2.45, 2.75) is 37.8 Å². The number of guanidine groups is 1. The Morgan fingerprint density at radius 2 is 1.50 bits per heavy atom. The van der Waals surface area contributed by atoms with Gasteiger partial charge < -0.3 is 27.4 Å². The lowest BCUT2D eigenvalue weighted by Crippen LogP contribution is -2.54. The normalized spacial score (nSPS) is 11.8. The molecule has 0 unspecified atom stereocenters. The maximum Gasteiger partial charge on any atom is 0.240 e. The van der Waals surface area contributed by atoms with Crippen LogP contribution in [0, 0.1) is 0 Å². The van der Waals surface area contributed by atoms with E-state index >= 15 is 0 Å². The molecule has 3 amide bonds. The molecule has 3 rings (SSSR count). The van der Waals surface area contributed by atoms with Crippen LogP contribution >= 0.6 is 23.2 Å². The van der Waals surface area contributed by atoms with Crippen molar-refractivity contribution in [3.05, 3.63) is 99.5 Å². The van der Waals surface area contributed by atoms with Crippen molar-refractivity contribution in [1.82, 2.24) is 4.90 Å². The molecule has 3 aromatic carbocycles.